The van der Waals surface area contributed by atoms with Gasteiger partial charge in [-0.05, 0) is 62.4 Å². The van der Waals surface area contributed by atoms with Crippen LogP contribution in [0.4, 0.5) is 29.3 Å². The van der Waals surface area contributed by atoms with Crippen LogP contribution < -0.4 is 24.4 Å². The lowest BCUT2D eigenvalue weighted by atomic mass is 9.85. The van der Waals surface area contributed by atoms with Gasteiger partial charge in [-0.1, -0.05) is 62.4 Å². The number of methoxy groups -OCH3 is 1. The normalized spacial score (nSPS) is 15.0. The zero-order chi connectivity index (χ0) is 37.6. The predicted octanol–water partition coefficient (Wildman–Crippen LogP) is 7.22. The SMILES string of the molecule is CCC1(CC)OC(=O)N(CCC(C)(C)NCC(OC(=O)C(F)(F)F)c2ccc(OCc3ccccc3)c(NS(C)(=O)=O)c2)c2c(OC)cccc21. The van der Waals surface area contributed by atoms with E-state index >= 15 is 0 Å². The fourth-order valence-electron chi connectivity index (χ4n) is 5.84. The molecule has 3 aromatic rings. The van der Waals surface area contributed by atoms with E-state index < -0.39 is 45.5 Å². The molecule has 0 radical (unpaired) electrons. The number of carbonyl (C=O) groups is 2. The monoisotopic (exact) mass is 735 g/mol. The van der Waals surface area contributed by atoms with Crippen LogP contribution in [0.25, 0.3) is 0 Å². The Morgan fingerprint density at radius 3 is 2.29 bits per heavy atom. The van der Waals surface area contributed by atoms with E-state index in [1.54, 1.807) is 19.9 Å². The maximum Gasteiger partial charge on any atom is 0.490 e. The summed E-state index contributed by atoms with van der Waals surface area (Å²) in [5.41, 5.74) is 0.562. The third-order valence-electron chi connectivity index (χ3n) is 8.74. The first-order valence-corrected chi connectivity index (χ1v) is 18.3. The number of fused-ring (bicyclic) bond motifs is 1. The van der Waals surface area contributed by atoms with Crippen LogP contribution >= 0.6 is 0 Å². The molecule has 1 amide bonds. The molecule has 0 bridgehead atoms. The van der Waals surface area contributed by atoms with Gasteiger partial charge in [-0.15, -0.1) is 0 Å². The molecule has 11 nitrogen and oxygen atoms in total. The van der Waals surface area contributed by atoms with Gasteiger partial charge in [0.1, 0.15) is 29.8 Å². The van der Waals surface area contributed by atoms with Gasteiger partial charge in [0.05, 0.1) is 24.7 Å². The highest BCUT2D eigenvalue weighted by molar-refractivity contribution is 7.92. The van der Waals surface area contributed by atoms with E-state index in [4.69, 9.17) is 18.9 Å². The first-order chi connectivity index (χ1) is 23.9. The molecule has 51 heavy (non-hydrogen) atoms. The van der Waals surface area contributed by atoms with Crippen LogP contribution in [-0.4, -0.2) is 58.7 Å². The maximum atomic E-state index is 13.4. The molecule has 15 heteroatoms. The van der Waals surface area contributed by atoms with Crippen molar-refractivity contribution >= 4 is 33.5 Å². The average molecular weight is 736 g/mol. The van der Waals surface area contributed by atoms with Crippen LogP contribution in [0.15, 0.2) is 66.7 Å². The van der Waals surface area contributed by atoms with Crippen molar-refractivity contribution < 1.29 is 50.1 Å². The van der Waals surface area contributed by atoms with E-state index in [1.165, 1.54) is 30.2 Å². The fraction of sp³-hybridized carbons (Fsp3) is 0.444. The van der Waals surface area contributed by atoms with E-state index in [9.17, 15) is 31.2 Å². The van der Waals surface area contributed by atoms with Crippen LogP contribution in [0.1, 0.15) is 69.8 Å². The Labute approximate surface area is 296 Å². The number of anilines is 2. The number of nitrogens with one attached hydrogen (secondary N) is 2. The molecule has 0 saturated carbocycles. The van der Waals surface area contributed by atoms with Gasteiger partial charge < -0.3 is 24.3 Å². The van der Waals surface area contributed by atoms with E-state index in [0.29, 0.717) is 24.3 Å². The summed E-state index contributed by atoms with van der Waals surface area (Å²) in [5.74, 6) is -1.80. The number of alkyl halides is 3. The molecule has 1 unspecified atom stereocenters. The van der Waals surface area contributed by atoms with Gasteiger partial charge in [-0.3, -0.25) is 9.62 Å². The third-order valence-corrected chi connectivity index (χ3v) is 9.33. The molecule has 0 fully saturated rings. The highest BCUT2D eigenvalue weighted by atomic mass is 32.2. The number of ether oxygens (including phenoxy) is 4. The highest BCUT2D eigenvalue weighted by Crippen LogP contribution is 2.47. The summed E-state index contributed by atoms with van der Waals surface area (Å²) in [4.78, 5) is 27.0. The van der Waals surface area contributed by atoms with Crippen LogP contribution in [0, 0.1) is 0 Å². The average Bonchev–Trinajstić information content (AvgIpc) is 3.07. The number of amides is 1. The summed E-state index contributed by atoms with van der Waals surface area (Å²) < 4.78 is 89.4. The summed E-state index contributed by atoms with van der Waals surface area (Å²) in [6, 6.07) is 18.6. The fourth-order valence-corrected chi connectivity index (χ4v) is 6.40. The topological polar surface area (TPSA) is 132 Å². The van der Waals surface area contributed by atoms with Gasteiger partial charge in [0.15, 0.2) is 0 Å². The number of halogens is 3. The number of sulfonamides is 1. The Bertz CT molecular complexity index is 1800. The molecule has 1 aliphatic heterocycles. The van der Waals surface area contributed by atoms with Gasteiger partial charge in [-0.2, -0.15) is 13.2 Å². The van der Waals surface area contributed by atoms with Crippen molar-refractivity contribution in [2.45, 2.75) is 77.0 Å². The highest BCUT2D eigenvalue weighted by Gasteiger charge is 2.45. The molecule has 1 heterocycles. The number of benzene rings is 3. The van der Waals surface area contributed by atoms with Gasteiger partial charge in [-0.25, -0.2) is 18.0 Å². The lowest BCUT2D eigenvalue weighted by molar-refractivity contribution is -0.205. The molecule has 0 spiro atoms. The molecule has 4 rings (SSSR count). The van der Waals surface area contributed by atoms with Crippen LogP contribution in [0.5, 0.6) is 11.5 Å². The number of nitrogens with zero attached hydrogens (tertiary/aromatic N) is 1. The van der Waals surface area contributed by atoms with Crippen molar-refractivity contribution in [3.05, 3.63) is 83.4 Å². The zero-order valence-corrected chi connectivity index (χ0v) is 30.2. The van der Waals surface area contributed by atoms with Crippen molar-refractivity contribution in [3.63, 3.8) is 0 Å². The number of hydrogen-bond donors (Lipinski definition) is 2. The van der Waals surface area contributed by atoms with Gasteiger partial charge in [0.2, 0.25) is 10.0 Å². The molecule has 3 aromatic carbocycles. The minimum Gasteiger partial charge on any atom is -0.495 e. The Kier molecular flexibility index (Phi) is 12.2. The molecule has 0 aliphatic carbocycles. The minimum absolute atomic E-state index is 0.0512. The minimum atomic E-state index is -5.28. The van der Waals surface area contributed by atoms with E-state index in [1.807, 2.05) is 56.3 Å². The molecule has 0 saturated heterocycles. The second kappa shape index (κ2) is 15.8. The lowest BCUT2D eigenvalue weighted by Gasteiger charge is -2.43. The molecule has 1 aliphatic rings. The maximum absolute atomic E-state index is 13.4. The molecule has 278 valence electrons. The van der Waals surface area contributed by atoms with Crippen LogP contribution in [-0.2, 0) is 36.5 Å². The number of carbonyl (C=O) groups excluding carboxylic acids is 2. The van der Waals surface area contributed by atoms with Crippen molar-refractivity contribution in [2.75, 3.05) is 36.1 Å². The number of rotatable bonds is 16. The Hall–Kier alpha value is -4.50. The predicted molar refractivity (Wildman–Crippen MR) is 186 cm³/mol. The molecule has 1 atom stereocenters. The number of para-hydroxylation sites is 1. The number of hydrogen-bond acceptors (Lipinski definition) is 9. The summed E-state index contributed by atoms with van der Waals surface area (Å²) in [5, 5.41) is 3.16. The van der Waals surface area contributed by atoms with E-state index in [0.717, 1.165) is 17.4 Å². The summed E-state index contributed by atoms with van der Waals surface area (Å²) in [6.07, 6.45) is -5.03. The largest absolute Gasteiger partial charge is 0.495 e. The second-order valence-corrected chi connectivity index (χ2v) is 14.6. The standard InChI is InChI=1S/C36H44F3N3O8S/c1-7-35(8-2)26-15-12-16-29(47-5)31(26)42(33(44)50-35)20-19-34(3,4)40-22-30(49-32(43)36(37,38)39)25-17-18-28(27(21-25)41-51(6,45)46)48-23-24-13-10-9-11-14-24/h9-18,21,30,40-41H,7-8,19-20,22-23H2,1-6H3. The first-order valence-electron chi connectivity index (χ1n) is 16.4. The summed E-state index contributed by atoms with van der Waals surface area (Å²) >= 11 is 0. The molecular formula is C36H44F3N3O8S. The van der Waals surface area contributed by atoms with Crippen molar-refractivity contribution in [3.8, 4) is 11.5 Å². The Morgan fingerprint density at radius 1 is 1.00 bits per heavy atom. The summed E-state index contributed by atoms with van der Waals surface area (Å²) in [6.45, 7) is 7.39. The molecule has 0 aromatic heterocycles. The lowest BCUT2D eigenvalue weighted by Crippen LogP contribution is -2.49. The third kappa shape index (κ3) is 9.85. The van der Waals surface area contributed by atoms with E-state index in [-0.39, 0.29) is 43.1 Å². The van der Waals surface area contributed by atoms with Crippen LogP contribution in [0.3, 0.4) is 0 Å². The van der Waals surface area contributed by atoms with Gasteiger partial charge in [0, 0.05) is 24.2 Å². The smallest absolute Gasteiger partial charge is 0.490 e. The van der Waals surface area contributed by atoms with Crippen molar-refractivity contribution in [1.29, 1.82) is 0 Å². The van der Waals surface area contributed by atoms with E-state index in [2.05, 4.69) is 10.0 Å². The number of esters is 1. The zero-order valence-electron chi connectivity index (χ0n) is 29.4. The first kappa shape index (κ1) is 39.3. The quantitative estimate of drug-likeness (QED) is 0.146. The molecular weight excluding hydrogens is 691 g/mol. The van der Waals surface area contributed by atoms with Gasteiger partial charge in [0.25, 0.3) is 0 Å². The summed E-state index contributed by atoms with van der Waals surface area (Å²) in [7, 11) is -2.34. The molecule has 2 N–H and O–H groups in total. The van der Waals surface area contributed by atoms with Gasteiger partial charge >= 0.3 is 18.2 Å². The Balaban J connectivity index is 1.58. The second-order valence-electron chi connectivity index (χ2n) is 12.9. The Morgan fingerprint density at radius 2 is 1.69 bits per heavy atom. The van der Waals surface area contributed by atoms with Crippen molar-refractivity contribution in [2.24, 2.45) is 0 Å². The van der Waals surface area contributed by atoms with Crippen molar-refractivity contribution in [1.82, 2.24) is 5.32 Å². The van der Waals surface area contributed by atoms with Crippen LogP contribution in [0.2, 0.25) is 0 Å². The number of cyclic esters (lactones) is 1.